The lowest BCUT2D eigenvalue weighted by Crippen LogP contribution is -2.08. The van der Waals surface area contributed by atoms with Crippen LogP contribution < -0.4 is 5.32 Å². The Morgan fingerprint density at radius 2 is 1.77 bits per heavy atom. The second kappa shape index (κ2) is 8.31. The van der Waals surface area contributed by atoms with Crippen molar-refractivity contribution < 1.29 is 4.39 Å². The summed E-state index contributed by atoms with van der Waals surface area (Å²) >= 11 is 0. The van der Waals surface area contributed by atoms with E-state index in [1.54, 1.807) is 33.0 Å². The molecule has 0 unspecified atom stereocenters. The number of halogens is 1. The van der Waals surface area contributed by atoms with Crippen molar-refractivity contribution in [1.82, 2.24) is 5.32 Å². The van der Waals surface area contributed by atoms with Gasteiger partial charge in [-0.15, -0.1) is 0 Å². The highest BCUT2D eigenvalue weighted by molar-refractivity contribution is 5.79. The molecule has 2 rings (SSSR count). The van der Waals surface area contributed by atoms with Crippen molar-refractivity contribution in [2.24, 2.45) is 0 Å². The molecule has 0 aliphatic heterocycles. The molecule has 0 amide bonds. The average molecular weight is 346 g/mol. The first-order valence-electron chi connectivity index (χ1n) is 8.41. The molecule has 0 bridgehead atoms. The number of hydrogen-bond acceptors (Lipinski definition) is 2. The van der Waals surface area contributed by atoms with Gasteiger partial charge in [-0.1, -0.05) is 67.3 Å². The molecule has 0 spiro atoms. The van der Waals surface area contributed by atoms with Crippen molar-refractivity contribution in [3.8, 4) is 6.07 Å². The van der Waals surface area contributed by atoms with Crippen LogP contribution in [0.1, 0.15) is 36.1 Å². The van der Waals surface area contributed by atoms with E-state index in [2.05, 4.69) is 18.0 Å². The summed E-state index contributed by atoms with van der Waals surface area (Å²) in [6.07, 6.45) is 5.61. The molecule has 1 N–H and O–H groups in total. The van der Waals surface area contributed by atoms with Crippen molar-refractivity contribution in [2.45, 2.75) is 19.5 Å². The van der Waals surface area contributed by atoms with E-state index in [0.717, 1.165) is 22.3 Å². The van der Waals surface area contributed by atoms with Gasteiger partial charge in [-0.3, -0.25) is 0 Å². The van der Waals surface area contributed by atoms with Crippen molar-refractivity contribution in [2.75, 3.05) is 7.05 Å². The predicted molar refractivity (Wildman–Crippen MR) is 108 cm³/mol. The molecule has 0 aliphatic carbocycles. The third-order valence-electron chi connectivity index (χ3n) is 4.10. The van der Waals surface area contributed by atoms with Gasteiger partial charge in [0.1, 0.15) is 17.4 Å². The van der Waals surface area contributed by atoms with E-state index in [4.69, 9.17) is 0 Å². The van der Waals surface area contributed by atoms with Crippen molar-refractivity contribution in [3.63, 3.8) is 0 Å². The molecule has 26 heavy (non-hydrogen) atoms. The number of hydrogen-bond donors (Lipinski definition) is 1. The molecule has 132 valence electrons. The largest absolute Gasteiger partial charge is 0.379 e. The number of allylic oxidation sites excluding steroid dienone is 3. The molecule has 0 radical (unpaired) electrons. The Bertz CT molecular complexity index is 876. The van der Waals surface area contributed by atoms with Gasteiger partial charge in [0.25, 0.3) is 0 Å². The fraction of sp³-hybridized carbons (Fsp3) is 0.174. The number of nitriles is 1. The van der Waals surface area contributed by atoms with Gasteiger partial charge in [0, 0.05) is 12.6 Å². The Morgan fingerprint density at radius 1 is 1.12 bits per heavy atom. The van der Waals surface area contributed by atoms with Crippen molar-refractivity contribution >= 4 is 17.7 Å². The van der Waals surface area contributed by atoms with Crippen LogP contribution in [0.4, 0.5) is 4.39 Å². The molecule has 3 heteroatoms. The molecular weight excluding hydrogens is 323 g/mol. The highest BCUT2D eigenvalue weighted by Crippen LogP contribution is 2.26. The lowest BCUT2D eigenvalue weighted by Gasteiger charge is -2.14. The molecule has 2 aromatic rings. The fourth-order valence-electron chi connectivity index (χ4n) is 2.59. The SMILES string of the molecule is C=C/C(=C(/C#N)NC)c1ccc(/C=C/c2cccc(C(C)(C)F)c2)cc1. The molecule has 0 fully saturated rings. The number of rotatable bonds is 6. The minimum absolute atomic E-state index is 0.481. The van der Waals surface area contributed by atoms with E-state index in [0.29, 0.717) is 11.3 Å². The summed E-state index contributed by atoms with van der Waals surface area (Å²) < 4.78 is 14.1. The predicted octanol–water partition coefficient (Wildman–Crippen LogP) is 5.70. The summed E-state index contributed by atoms with van der Waals surface area (Å²) in [5, 5.41) is 12.1. The maximum Gasteiger partial charge on any atom is 0.130 e. The Labute approximate surface area is 155 Å². The zero-order chi connectivity index (χ0) is 19.2. The summed E-state index contributed by atoms with van der Waals surface area (Å²) in [7, 11) is 1.71. The third-order valence-corrected chi connectivity index (χ3v) is 4.10. The lowest BCUT2D eigenvalue weighted by atomic mass is 9.97. The van der Waals surface area contributed by atoms with Crippen LogP contribution in [0.2, 0.25) is 0 Å². The molecule has 2 nitrogen and oxygen atoms in total. The van der Waals surface area contributed by atoms with Gasteiger partial charge < -0.3 is 5.32 Å². The van der Waals surface area contributed by atoms with E-state index >= 15 is 0 Å². The first-order valence-corrected chi connectivity index (χ1v) is 8.41. The summed E-state index contributed by atoms with van der Waals surface area (Å²) in [5.74, 6) is 0. The average Bonchev–Trinajstić information content (AvgIpc) is 2.64. The Morgan fingerprint density at radius 3 is 2.31 bits per heavy atom. The minimum Gasteiger partial charge on any atom is -0.379 e. The standard InChI is InChI=1S/C23H23FN2/c1-5-21(22(16-25)26-4)19-13-11-17(12-14-19)9-10-18-7-6-8-20(15-18)23(2,3)24/h5-15,26H,1H2,2-4H3/b10-9+,22-21+. The van der Waals surface area contributed by atoms with Gasteiger partial charge >= 0.3 is 0 Å². The van der Waals surface area contributed by atoms with Crippen LogP contribution in [0.25, 0.3) is 17.7 Å². The van der Waals surface area contributed by atoms with Crippen LogP contribution in [0.3, 0.4) is 0 Å². The molecule has 0 aromatic heterocycles. The van der Waals surface area contributed by atoms with Gasteiger partial charge in [-0.25, -0.2) is 4.39 Å². The zero-order valence-corrected chi connectivity index (χ0v) is 15.4. The zero-order valence-electron chi connectivity index (χ0n) is 15.4. The first kappa shape index (κ1) is 19.2. The highest BCUT2D eigenvalue weighted by atomic mass is 19.1. The molecule has 0 aliphatic rings. The normalized spacial score (nSPS) is 12.4. The highest BCUT2D eigenvalue weighted by Gasteiger charge is 2.18. The van der Waals surface area contributed by atoms with Crippen LogP contribution in [-0.2, 0) is 5.67 Å². The molecule has 0 saturated heterocycles. The topological polar surface area (TPSA) is 35.8 Å². The lowest BCUT2D eigenvalue weighted by molar-refractivity contribution is 0.221. The van der Waals surface area contributed by atoms with Crippen LogP contribution in [-0.4, -0.2) is 7.05 Å². The molecule has 2 aromatic carbocycles. The maximum atomic E-state index is 14.1. The second-order valence-corrected chi connectivity index (χ2v) is 6.41. The number of nitrogens with zero attached hydrogens (tertiary/aromatic N) is 1. The van der Waals surface area contributed by atoms with Gasteiger partial charge in [0.05, 0.1) is 0 Å². The van der Waals surface area contributed by atoms with Crippen molar-refractivity contribution in [1.29, 1.82) is 5.26 Å². The van der Waals surface area contributed by atoms with Crippen LogP contribution in [0.5, 0.6) is 0 Å². The number of alkyl halides is 1. The summed E-state index contributed by atoms with van der Waals surface area (Å²) in [5.41, 5.74) is 3.44. The molecular formula is C23H23FN2. The van der Waals surface area contributed by atoms with Gasteiger partial charge in [-0.05, 0) is 42.2 Å². The van der Waals surface area contributed by atoms with Crippen LogP contribution in [0.15, 0.2) is 66.9 Å². The quantitative estimate of drug-likeness (QED) is 0.413. The van der Waals surface area contributed by atoms with Gasteiger partial charge in [0.15, 0.2) is 0 Å². The van der Waals surface area contributed by atoms with E-state index < -0.39 is 5.67 Å². The third kappa shape index (κ3) is 4.70. The maximum absolute atomic E-state index is 14.1. The molecule has 0 atom stereocenters. The monoisotopic (exact) mass is 346 g/mol. The molecule has 0 saturated carbocycles. The number of benzene rings is 2. The first-order chi connectivity index (χ1) is 12.4. The second-order valence-electron chi connectivity index (χ2n) is 6.41. The summed E-state index contributed by atoms with van der Waals surface area (Å²) in [4.78, 5) is 0. The molecule has 0 heterocycles. The Balaban J connectivity index is 2.25. The number of nitrogens with one attached hydrogen (secondary N) is 1. The van der Waals surface area contributed by atoms with E-state index in [1.165, 1.54) is 0 Å². The van der Waals surface area contributed by atoms with Crippen molar-refractivity contribution in [3.05, 3.63) is 89.1 Å². The van der Waals surface area contributed by atoms with E-state index in [-0.39, 0.29) is 0 Å². The van der Waals surface area contributed by atoms with E-state index in [9.17, 15) is 9.65 Å². The summed E-state index contributed by atoms with van der Waals surface area (Å²) in [6, 6.07) is 17.4. The van der Waals surface area contributed by atoms with Crippen LogP contribution >= 0.6 is 0 Å². The van der Waals surface area contributed by atoms with E-state index in [1.807, 2.05) is 54.6 Å². The van der Waals surface area contributed by atoms with Gasteiger partial charge in [0.2, 0.25) is 0 Å². The van der Waals surface area contributed by atoms with Gasteiger partial charge in [-0.2, -0.15) is 5.26 Å². The Kier molecular flexibility index (Phi) is 6.14. The minimum atomic E-state index is -1.36. The summed E-state index contributed by atoms with van der Waals surface area (Å²) in [6.45, 7) is 6.90. The Hall–Kier alpha value is -3.12. The smallest absolute Gasteiger partial charge is 0.130 e. The van der Waals surface area contributed by atoms with Crippen LogP contribution in [0, 0.1) is 11.3 Å². The fourth-order valence-corrected chi connectivity index (χ4v) is 2.59.